The number of benzene rings is 1. The molecule has 0 unspecified atom stereocenters. The lowest BCUT2D eigenvalue weighted by Gasteiger charge is -1.98. The monoisotopic (exact) mass is 258 g/mol. The average Bonchev–Trinajstić information content (AvgIpc) is 2.76. The summed E-state index contributed by atoms with van der Waals surface area (Å²) >= 11 is 1.44. The van der Waals surface area contributed by atoms with Crippen LogP contribution in [0.4, 0.5) is 0 Å². The largest absolute Gasteiger partial charge is 0.282 e. The lowest BCUT2D eigenvalue weighted by Crippen LogP contribution is -2.13. The third kappa shape index (κ3) is 1.70. The number of aromatic nitrogens is 4. The summed E-state index contributed by atoms with van der Waals surface area (Å²) in [6, 6.07) is 9.39. The molecule has 0 fully saturated rings. The van der Waals surface area contributed by atoms with Crippen LogP contribution in [0.15, 0.2) is 46.5 Å². The third-order valence-corrected chi connectivity index (χ3v) is 3.18. The molecule has 0 aliphatic carbocycles. The predicted molar refractivity (Wildman–Crippen MR) is 71.3 cm³/mol. The lowest BCUT2D eigenvalue weighted by atomic mass is 10.3. The molecule has 1 aromatic carbocycles. The molecule has 3 rings (SSSR count). The highest BCUT2D eigenvalue weighted by Crippen LogP contribution is 2.12. The summed E-state index contributed by atoms with van der Waals surface area (Å²) in [5, 5.41) is 4.13. The standard InChI is InChI=1S/C12H10N4OS/c1-18-12-13-7-9-10(14-12)15-16(11(9)17)8-5-3-2-4-6-8/h2-7H,1H3,(H,13,14,15). The van der Waals surface area contributed by atoms with Crippen LogP contribution in [-0.2, 0) is 0 Å². The Hall–Kier alpha value is -2.08. The van der Waals surface area contributed by atoms with Crippen molar-refractivity contribution in [1.82, 2.24) is 19.7 Å². The van der Waals surface area contributed by atoms with Crippen molar-refractivity contribution in [3.63, 3.8) is 0 Å². The first-order chi connectivity index (χ1) is 8.79. The van der Waals surface area contributed by atoms with Crippen molar-refractivity contribution in [2.75, 3.05) is 6.26 Å². The molecule has 5 nitrogen and oxygen atoms in total. The molecule has 0 aliphatic heterocycles. The number of H-pyrrole nitrogens is 1. The van der Waals surface area contributed by atoms with Gasteiger partial charge < -0.3 is 0 Å². The molecular weight excluding hydrogens is 248 g/mol. The van der Waals surface area contributed by atoms with Crippen molar-refractivity contribution in [2.24, 2.45) is 0 Å². The number of nitrogens with one attached hydrogen (secondary N) is 1. The van der Waals surface area contributed by atoms with E-state index < -0.39 is 0 Å². The Bertz CT molecular complexity index is 748. The van der Waals surface area contributed by atoms with Crippen LogP contribution in [0.2, 0.25) is 0 Å². The van der Waals surface area contributed by atoms with Crippen LogP contribution < -0.4 is 5.56 Å². The number of thioether (sulfide) groups is 1. The van der Waals surface area contributed by atoms with E-state index in [1.807, 2.05) is 36.6 Å². The molecule has 0 saturated carbocycles. The van der Waals surface area contributed by atoms with Crippen molar-refractivity contribution >= 4 is 22.8 Å². The molecule has 2 aromatic heterocycles. The Labute approximate surface area is 107 Å². The molecule has 6 heteroatoms. The lowest BCUT2D eigenvalue weighted by molar-refractivity contribution is 0.853. The number of para-hydroxylation sites is 1. The van der Waals surface area contributed by atoms with Crippen LogP contribution in [0.1, 0.15) is 0 Å². The van der Waals surface area contributed by atoms with Gasteiger partial charge in [0.05, 0.1) is 5.69 Å². The highest BCUT2D eigenvalue weighted by molar-refractivity contribution is 7.98. The van der Waals surface area contributed by atoms with Crippen LogP contribution in [0, 0.1) is 0 Å². The van der Waals surface area contributed by atoms with E-state index in [1.165, 1.54) is 16.4 Å². The first-order valence-corrected chi connectivity index (χ1v) is 6.59. The summed E-state index contributed by atoms with van der Waals surface area (Å²) < 4.78 is 1.48. The summed E-state index contributed by atoms with van der Waals surface area (Å²) in [7, 11) is 0. The summed E-state index contributed by atoms with van der Waals surface area (Å²) in [4.78, 5) is 20.6. The summed E-state index contributed by atoms with van der Waals surface area (Å²) in [5.74, 6) is 0. The smallest absolute Gasteiger partial charge is 0.273 e. The number of nitrogens with zero attached hydrogens (tertiary/aromatic N) is 3. The van der Waals surface area contributed by atoms with E-state index in [0.717, 1.165) is 5.69 Å². The second kappa shape index (κ2) is 4.30. The second-order valence-electron chi connectivity index (χ2n) is 3.71. The molecule has 0 amide bonds. The van der Waals surface area contributed by atoms with Gasteiger partial charge in [0, 0.05) is 6.20 Å². The van der Waals surface area contributed by atoms with Crippen LogP contribution in [0.5, 0.6) is 0 Å². The number of hydrogen-bond acceptors (Lipinski definition) is 4. The topological polar surface area (TPSA) is 63.6 Å². The zero-order valence-electron chi connectivity index (χ0n) is 9.62. The Balaban J connectivity index is 2.26. The van der Waals surface area contributed by atoms with Crippen LogP contribution >= 0.6 is 11.8 Å². The Morgan fingerprint density at radius 2 is 2.06 bits per heavy atom. The molecule has 0 aliphatic rings. The van der Waals surface area contributed by atoms with Gasteiger partial charge in [-0.15, -0.1) is 0 Å². The Morgan fingerprint density at radius 1 is 1.28 bits per heavy atom. The van der Waals surface area contributed by atoms with Crippen molar-refractivity contribution in [1.29, 1.82) is 0 Å². The highest BCUT2D eigenvalue weighted by atomic mass is 32.2. The first-order valence-electron chi connectivity index (χ1n) is 5.37. The highest BCUT2D eigenvalue weighted by Gasteiger charge is 2.10. The van der Waals surface area contributed by atoms with Crippen LogP contribution in [-0.4, -0.2) is 26.0 Å². The van der Waals surface area contributed by atoms with Crippen molar-refractivity contribution in [3.05, 3.63) is 46.9 Å². The zero-order chi connectivity index (χ0) is 12.5. The number of hydrogen-bond donors (Lipinski definition) is 1. The van der Waals surface area contributed by atoms with Gasteiger partial charge in [0.15, 0.2) is 10.8 Å². The molecule has 1 N–H and O–H groups in total. The van der Waals surface area contributed by atoms with E-state index >= 15 is 0 Å². The zero-order valence-corrected chi connectivity index (χ0v) is 10.4. The van der Waals surface area contributed by atoms with E-state index in [9.17, 15) is 4.79 Å². The SMILES string of the molecule is CSc1ncc2c(=O)n(-c3ccccc3)[nH]c2n1. The molecule has 0 saturated heterocycles. The second-order valence-corrected chi connectivity index (χ2v) is 4.48. The van der Waals surface area contributed by atoms with Gasteiger partial charge in [-0.1, -0.05) is 30.0 Å². The van der Waals surface area contributed by atoms with E-state index in [-0.39, 0.29) is 5.56 Å². The maximum atomic E-state index is 12.2. The van der Waals surface area contributed by atoms with Gasteiger partial charge >= 0.3 is 0 Å². The predicted octanol–water partition coefficient (Wildman–Crippen LogP) is 1.83. The average molecular weight is 258 g/mol. The van der Waals surface area contributed by atoms with Crippen molar-refractivity contribution in [3.8, 4) is 5.69 Å². The minimum absolute atomic E-state index is 0.135. The van der Waals surface area contributed by atoms with Gasteiger partial charge in [-0.25, -0.2) is 14.6 Å². The van der Waals surface area contributed by atoms with Gasteiger partial charge in [0.2, 0.25) is 0 Å². The normalized spacial score (nSPS) is 10.9. The van der Waals surface area contributed by atoms with Gasteiger partial charge in [0.1, 0.15) is 5.39 Å². The molecule has 0 bridgehead atoms. The maximum absolute atomic E-state index is 12.2. The van der Waals surface area contributed by atoms with E-state index in [2.05, 4.69) is 15.1 Å². The maximum Gasteiger partial charge on any atom is 0.282 e. The van der Waals surface area contributed by atoms with Crippen molar-refractivity contribution in [2.45, 2.75) is 5.16 Å². The Morgan fingerprint density at radius 3 is 2.78 bits per heavy atom. The Kier molecular flexibility index (Phi) is 2.64. The molecular formula is C12H10N4OS. The molecule has 90 valence electrons. The van der Waals surface area contributed by atoms with Crippen LogP contribution in [0.3, 0.4) is 0 Å². The quantitative estimate of drug-likeness (QED) is 0.562. The van der Waals surface area contributed by atoms with E-state index in [4.69, 9.17) is 0 Å². The fourth-order valence-corrected chi connectivity index (χ4v) is 2.08. The number of fused-ring (bicyclic) bond motifs is 1. The molecule has 0 radical (unpaired) electrons. The number of rotatable bonds is 2. The molecule has 18 heavy (non-hydrogen) atoms. The fourth-order valence-electron chi connectivity index (χ4n) is 1.74. The van der Waals surface area contributed by atoms with Crippen LogP contribution in [0.25, 0.3) is 16.7 Å². The summed E-state index contributed by atoms with van der Waals surface area (Å²) in [5.41, 5.74) is 1.21. The van der Waals surface area contributed by atoms with E-state index in [1.54, 1.807) is 6.20 Å². The fraction of sp³-hybridized carbons (Fsp3) is 0.0833. The van der Waals surface area contributed by atoms with E-state index in [0.29, 0.717) is 16.2 Å². The van der Waals surface area contributed by atoms with Gasteiger partial charge in [-0.3, -0.25) is 9.89 Å². The molecule has 2 heterocycles. The summed E-state index contributed by atoms with van der Waals surface area (Å²) in [6.07, 6.45) is 3.46. The third-order valence-electron chi connectivity index (χ3n) is 2.61. The summed E-state index contributed by atoms with van der Waals surface area (Å²) in [6.45, 7) is 0. The van der Waals surface area contributed by atoms with Gasteiger partial charge in [-0.05, 0) is 18.4 Å². The minimum Gasteiger partial charge on any atom is -0.273 e. The van der Waals surface area contributed by atoms with Gasteiger partial charge in [0.25, 0.3) is 5.56 Å². The minimum atomic E-state index is -0.135. The van der Waals surface area contributed by atoms with Gasteiger partial charge in [-0.2, -0.15) is 0 Å². The molecule has 3 aromatic rings. The first kappa shape index (κ1) is 11.0. The molecule has 0 spiro atoms. The number of aromatic amines is 1. The molecule has 0 atom stereocenters. The van der Waals surface area contributed by atoms with Crippen molar-refractivity contribution < 1.29 is 0 Å².